The Labute approximate surface area is 113 Å². The van der Waals surface area contributed by atoms with Gasteiger partial charge in [0.1, 0.15) is 13.2 Å². The molecule has 0 fully saturated rings. The molecule has 0 aromatic heterocycles. The van der Waals surface area contributed by atoms with Crippen molar-refractivity contribution >= 4 is 17.5 Å². The Morgan fingerprint density at radius 1 is 1.32 bits per heavy atom. The molecule has 0 bridgehead atoms. The van der Waals surface area contributed by atoms with E-state index >= 15 is 0 Å². The van der Waals surface area contributed by atoms with E-state index in [0.29, 0.717) is 0 Å². The summed E-state index contributed by atoms with van der Waals surface area (Å²) in [6.07, 6.45) is -4.44. The van der Waals surface area contributed by atoms with Crippen LogP contribution in [0.15, 0.2) is 30.3 Å². The summed E-state index contributed by atoms with van der Waals surface area (Å²) in [4.78, 5) is 11.4. The second kappa shape index (κ2) is 7.35. The van der Waals surface area contributed by atoms with Gasteiger partial charge in [-0.3, -0.25) is 4.79 Å². The highest BCUT2D eigenvalue weighted by molar-refractivity contribution is 6.18. The van der Waals surface area contributed by atoms with Gasteiger partial charge in [0.2, 0.25) is 5.91 Å². The standard InChI is InChI=1S/C12H13ClF3NO2/c13-6-10(9-4-2-1-3-5-9)17-11(18)7-19-8-12(14,15)16/h1-5,10H,6-8H2,(H,17,18). The van der Waals surface area contributed by atoms with Gasteiger partial charge in [0.05, 0.1) is 6.04 Å². The third-order valence-electron chi connectivity index (χ3n) is 2.19. The minimum Gasteiger partial charge on any atom is -0.362 e. The first-order valence-corrected chi connectivity index (χ1v) is 6.00. The summed E-state index contributed by atoms with van der Waals surface area (Å²) < 4.78 is 39.7. The number of carbonyl (C=O) groups is 1. The molecule has 1 unspecified atom stereocenters. The number of alkyl halides is 4. The number of hydrogen-bond donors (Lipinski definition) is 1. The maximum atomic E-state index is 11.8. The highest BCUT2D eigenvalue weighted by Crippen LogP contribution is 2.15. The molecule has 0 aliphatic heterocycles. The first-order valence-electron chi connectivity index (χ1n) is 5.47. The number of halogens is 4. The number of amides is 1. The highest BCUT2D eigenvalue weighted by Gasteiger charge is 2.28. The molecule has 1 aromatic carbocycles. The lowest BCUT2D eigenvalue weighted by molar-refractivity contribution is -0.175. The molecule has 0 saturated heterocycles. The van der Waals surface area contributed by atoms with Crippen molar-refractivity contribution in [3.05, 3.63) is 35.9 Å². The van der Waals surface area contributed by atoms with Gasteiger partial charge in [-0.05, 0) is 5.56 Å². The number of benzene rings is 1. The maximum Gasteiger partial charge on any atom is 0.411 e. The summed E-state index contributed by atoms with van der Waals surface area (Å²) in [5.74, 6) is -0.520. The van der Waals surface area contributed by atoms with Crippen molar-refractivity contribution in [3.63, 3.8) is 0 Å². The van der Waals surface area contributed by atoms with Crippen molar-refractivity contribution in [1.82, 2.24) is 5.32 Å². The van der Waals surface area contributed by atoms with Crippen LogP contribution in [0.3, 0.4) is 0 Å². The van der Waals surface area contributed by atoms with E-state index < -0.39 is 31.3 Å². The average Bonchev–Trinajstić information content (AvgIpc) is 2.35. The van der Waals surface area contributed by atoms with Crippen molar-refractivity contribution in [1.29, 1.82) is 0 Å². The molecule has 0 spiro atoms. The quantitative estimate of drug-likeness (QED) is 0.820. The molecule has 19 heavy (non-hydrogen) atoms. The lowest BCUT2D eigenvalue weighted by Gasteiger charge is -2.16. The summed E-state index contributed by atoms with van der Waals surface area (Å²) >= 11 is 5.72. The fourth-order valence-electron chi connectivity index (χ4n) is 1.39. The molecule has 0 saturated carbocycles. The summed E-state index contributed by atoms with van der Waals surface area (Å²) in [6.45, 7) is -2.10. The Hall–Kier alpha value is -1.27. The molecule has 106 valence electrons. The lowest BCUT2D eigenvalue weighted by Crippen LogP contribution is -2.33. The minimum atomic E-state index is -4.44. The number of hydrogen-bond acceptors (Lipinski definition) is 2. The first-order chi connectivity index (χ1) is 8.92. The van der Waals surface area contributed by atoms with Crippen molar-refractivity contribution in [2.45, 2.75) is 12.2 Å². The molecule has 1 amide bonds. The molecule has 0 aliphatic rings. The van der Waals surface area contributed by atoms with Crippen molar-refractivity contribution < 1.29 is 22.7 Å². The van der Waals surface area contributed by atoms with E-state index in [9.17, 15) is 18.0 Å². The Morgan fingerprint density at radius 3 is 2.47 bits per heavy atom. The van der Waals surface area contributed by atoms with Crippen LogP contribution in [-0.2, 0) is 9.53 Å². The van der Waals surface area contributed by atoms with E-state index in [1.165, 1.54) is 0 Å². The van der Waals surface area contributed by atoms with Gasteiger partial charge in [-0.25, -0.2) is 0 Å². The number of ether oxygens (including phenoxy) is 1. The highest BCUT2D eigenvalue weighted by atomic mass is 35.5. The van der Waals surface area contributed by atoms with E-state index in [2.05, 4.69) is 10.1 Å². The molecular formula is C12H13ClF3NO2. The van der Waals surface area contributed by atoms with Gasteiger partial charge in [0.25, 0.3) is 0 Å². The molecule has 0 heterocycles. The van der Waals surface area contributed by atoms with Gasteiger partial charge in [0, 0.05) is 5.88 Å². The van der Waals surface area contributed by atoms with Crippen molar-refractivity contribution in [2.75, 3.05) is 19.1 Å². The third-order valence-corrected chi connectivity index (χ3v) is 2.50. The van der Waals surface area contributed by atoms with Crippen LogP contribution in [-0.4, -0.2) is 31.2 Å². The van der Waals surface area contributed by atoms with Crippen LogP contribution in [0.1, 0.15) is 11.6 Å². The van der Waals surface area contributed by atoms with E-state index in [4.69, 9.17) is 11.6 Å². The molecule has 1 atom stereocenters. The third kappa shape index (κ3) is 6.45. The molecule has 1 rings (SSSR count). The van der Waals surface area contributed by atoms with E-state index in [0.717, 1.165) is 5.56 Å². The zero-order valence-electron chi connectivity index (χ0n) is 9.91. The Kier molecular flexibility index (Phi) is 6.11. The second-order valence-electron chi connectivity index (χ2n) is 3.79. The summed E-state index contributed by atoms with van der Waals surface area (Å²) in [6, 6.07) is 8.45. The zero-order chi connectivity index (χ0) is 14.3. The molecule has 0 radical (unpaired) electrons. The topological polar surface area (TPSA) is 38.3 Å². The Bertz CT molecular complexity index is 398. The molecule has 1 aromatic rings. The van der Waals surface area contributed by atoms with Gasteiger partial charge >= 0.3 is 6.18 Å². The number of carbonyl (C=O) groups excluding carboxylic acids is 1. The van der Waals surface area contributed by atoms with Crippen LogP contribution in [0.5, 0.6) is 0 Å². The second-order valence-corrected chi connectivity index (χ2v) is 4.10. The van der Waals surface area contributed by atoms with Gasteiger partial charge in [-0.2, -0.15) is 13.2 Å². The van der Waals surface area contributed by atoms with Crippen LogP contribution >= 0.6 is 11.6 Å². The molecule has 1 N–H and O–H groups in total. The monoisotopic (exact) mass is 295 g/mol. The summed E-state index contributed by atoms with van der Waals surface area (Å²) in [5, 5.41) is 2.51. The molecular weight excluding hydrogens is 283 g/mol. The zero-order valence-corrected chi connectivity index (χ0v) is 10.7. The van der Waals surface area contributed by atoms with Gasteiger partial charge in [0.15, 0.2) is 0 Å². The summed E-state index contributed by atoms with van der Waals surface area (Å²) in [5.41, 5.74) is 0.779. The van der Waals surface area contributed by atoms with Crippen LogP contribution < -0.4 is 5.32 Å². The maximum absolute atomic E-state index is 11.8. The van der Waals surface area contributed by atoms with Gasteiger partial charge in [-0.1, -0.05) is 30.3 Å². The summed E-state index contributed by atoms with van der Waals surface area (Å²) in [7, 11) is 0. The first kappa shape index (κ1) is 15.8. The number of nitrogens with one attached hydrogen (secondary N) is 1. The molecule has 7 heteroatoms. The predicted octanol–water partition coefficient (Wildman–Crippen LogP) is 2.66. The van der Waals surface area contributed by atoms with Gasteiger partial charge in [-0.15, -0.1) is 11.6 Å². The van der Waals surface area contributed by atoms with Crippen LogP contribution in [0.25, 0.3) is 0 Å². The molecule has 3 nitrogen and oxygen atoms in total. The van der Waals surface area contributed by atoms with Crippen molar-refractivity contribution in [2.24, 2.45) is 0 Å². The van der Waals surface area contributed by atoms with Crippen LogP contribution in [0, 0.1) is 0 Å². The lowest BCUT2D eigenvalue weighted by atomic mass is 10.1. The average molecular weight is 296 g/mol. The Balaban J connectivity index is 2.42. The Morgan fingerprint density at radius 2 is 1.95 bits per heavy atom. The fraction of sp³-hybridized carbons (Fsp3) is 0.417. The van der Waals surface area contributed by atoms with Crippen LogP contribution in [0.4, 0.5) is 13.2 Å². The fourth-order valence-corrected chi connectivity index (χ4v) is 1.65. The minimum absolute atomic E-state index is 0.120. The van der Waals surface area contributed by atoms with Crippen molar-refractivity contribution in [3.8, 4) is 0 Å². The number of rotatable bonds is 6. The largest absolute Gasteiger partial charge is 0.411 e. The van der Waals surface area contributed by atoms with E-state index in [1.54, 1.807) is 24.3 Å². The predicted molar refractivity (Wildman–Crippen MR) is 64.9 cm³/mol. The normalized spacial score (nSPS) is 13.1. The van der Waals surface area contributed by atoms with E-state index in [-0.39, 0.29) is 5.88 Å². The van der Waals surface area contributed by atoms with Crippen LogP contribution in [0.2, 0.25) is 0 Å². The SMILES string of the molecule is O=C(COCC(F)(F)F)NC(CCl)c1ccccc1. The van der Waals surface area contributed by atoms with E-state index in [1.807, 2.05) is 6.07 Å². The molecule has 0 aliphatic carbocycles. The van der Waals surface area contributed by atoms with Gasteiger partial charge < -0.3 is 10.1 Å². The smallest absolute Gasteiger partial charge is 0.362 e.